The molecule has 2 amide bonds. The van der Waals surface area contributed by atoms with Crippen molar-refractivity contribution in [2.45, 2.75) is 78.3 Å². The molecule has 0 bridgehead atoms. The summed E-state index contributed by atoms with van der Waals surface area (Å²) in [6.07, 6.45) is 1.82. The molecule has 0 aliphatic carbocycles. The lowest BCUT2D eigenvalue weighted by atomic mass is 10.0. The number of carboxylic acid groups (broad SMARTS) is 2. The summed E-state index contributed by atoms with van der Waals surface area (Å²) in [4.78, 5) is 45.9. The Morgan fingerprint density at radius 2 is 1.00 bits per heavy atom. The van der Waals surface area contributed by atoms with Crippen LogP contribution in [0.15, 0.2) is 0 Å². The molecule has 0 saturated heterocycles. The maximum absolute atomic E-state index is 11.8. The van der Waals surface area contributed by atoms with E-state index in [1.54, 1.807) is 0 Å². The standard InChI is InChI=1S/C18H32N2O6/c1-11(2)9-13(17(23)24)19-15(21)7-5-6-8-16(22)20-14(18(25)26)10-12(3)4/h11-14H,5-10H2,1-4H3,(H,19,21)(H,20,22)(H,23,24)(H,25,26). The average molecular weight is 372 g/mol. The van der Waals surface area contributed by atoms with Crippen LogP contribution in [0.1, 0.15) is 66.2 Å². The van der Waals surface area contributed by atoms with Crippen molar-refractivity contribution < 1.29 is 29.4 Å². The molecule has 2 atom stereocenters. The van der Waals surface area contributed by atoms with E-state index >= 15 is 0 Å². The van der Waals surface area contributed by atoms with Gasteiger partial charge in [-0.05, 0) is 37.5 Å². The molecule has 8 nitrogen and oxygen atoms in total. The highest BCUT2D eigenvalue weighted by Crippen LogP contribution is 2.08. The number of nitrogens with one attached hydrogen (secondary N) is 2. The fourth-order valence-corrected chi connectivity index (χ4v) is 2.49. The first-order valence-corrected chi connectivity index (χ1v) is 9.07. The van der Waals surface area contributed by atoms with E-state index < -0.39 is 24.0 Å². The fraction of sp³-hybridized carbons (Fsp3) is 0.778. The van der Waals surface area contributed by atoms with Crippen LogP contribution in [0.2, 0.25) is 0 Å². The predicted octanol–water partition coefficient (Wildman–Crippen LogP) is 1.78. The molecular formula is C18H32N2O6. The summed E-state index contributed by atoms with van der Waals surface area (Å²) in [5.74, 6) is -2.54. The van der Waals surface area contributed by atoms with Crippen LogP contribution in [0.25, 0.3) is 0 Å². The molecule has 0 aliphatic rings. The monoisotopic (exact) mass is 372 g/mol. The molecule has 2 unspecified atom stereocenters. The second kappa shape index (κ2) is 12.3. The van der Waals surface area contributed by atoms with Gasteiger partial charge in [-0.25, -0.2) is 9.59 Å². The smallest absolute Gasteiger partial charge is 0.326 e. The zero-order chi connectivity index (χ0) is 20.3. The molecule has 0 radical (unpaired) electrons. The normalized spacial score (nSPS) is 13.3. The fourth-order valence-electron chi connectivity index (χ4n) is 2.49. The first kappa shape index (κ1) is 23.9. The van der Waals surface area contributed by atoms with E-state index in [9.17, 15) is 19.2 Å². The van der Waals surface area contributed by atoms with Crippen LogP contribution >= 0.6 is 0 Å². The van der Waals surface area contributed by atoms with Crippen LogP contribution in [-0.4, -0.2) is 46.0 Å². The van der Waals surface area contributed by atoms with Crippen molar-refractivity contribution in [3.8, 4) is 0 Å². The minimum atomic E-state index is -1.06. The van der Waals surface area contributed by atoms with Gasteiger partial charge in [-0.2, -0.15) is 0 Å². The van der Waals surface area contributed by atoms with Crippen molar-refractivity contribution in [3.63, 3.8) is 0 Å². The van der Waals surface area contributed by atoms with Crippen LogP contribution in [0.3, 0.4) is 0 Å². The van der Waals surface area contributed by atoms with Gasteiger partial charge in [-0.3, -0.25) is 9.59 Å². The lowest BCUT2D eigenvalue weighted by molar-refractivity contribution is -0.142. The Kier molecular flexibility index (Phi) is 11.3. The van der Waals surface area contributed by atoms with Gasteiger partial charge in [-0.15, -0.1) is 0 Å². The lowest BCUT2D eigenvalue weighted by Gasteiger charge is -2.17. The van der Waals surface area contributed by atoms with Gasteiger partial charge in [0.2, 0.25) is 11.8 Å². The van der Waals surface area contributed by atoms with E-state index in [1.165, 1.54) is 0 Å². The highest BCUT2D eigenvalue weighted by molar-refractivity contribution is 5.84. The summed E-state index contributed by atoms with van der Waals surface area (Å²) in [5, 5.41) is 23.2. The molecule has 8 heteroatoms. The molecular weight excluding hydrogens is 340 g/mol. The number of carboxylic acids is 2. The topological polar surface area (TPSA) is 133 Å². The third-order valence-corrected chi connectivity index (χ3v) is 3.74. The van der Waals surface area contributed by atoms with E-state index in [2.05, 4.69) is 10.6 Å². The summed E-state index contributed by atoms with van der Waals surface area (Å²) in [6.45, 7) is 7.52. The second-order valence-corrected chi connectivity index (χ2v) is 7.38. The Morgan fingerprint density at radius 1 is 0.692 bits per heavy atom. The van der Waals surface area contributed by atoms with Gasteiger partial charge in [-0.1, -0.05) is 27.7 Å². The summed E-state index contributed by atoms with van der Waals surface area (Å²) in [7, 11) is 0. The van der Waals surface area contributed by atoms with E-state index in [0.717, 1.165) is 0 Å². The highest BCUT2D eigenvalue weighted by atomic mass is 16.4. The second-order valence-electron chi connectivity index (χ2n) is 7.38. The molecule has 0 aromatic carbocycles. The van der Waals surface area contributed by atoms with Crippen molar-refractivity contribution >= 4 is 23.8 Å². The Balaban J connectivity index is 4.16. The van der Waals surface area contributed by atoms with Gasteiger partial charge in [0.25, 0.3) is 0 Å². The van der Waals surface area contributed by atoms with Gasteiger partial charge >= 0.3 is 11.9 Å². The number of carbonyl (C=O) groups is 4. The molecule has 0 spiro atoms. The molecule has 150 valence electrons. The maximum Gasteiger partial charge on any atom is 0.326 e. The zero-order valence-corrected chi connectivity index (χ0v) is 16.1. The molecule has 4 N–H and O–H groups in total. The molecule has 0 aromatic heterocycles. The van der Waals surface area contributed by atoms with E-state index in [4.69, 9.17) is 10.2 Å². The SMILES string of the molecule is CC(C)CC(NC(=O)CCCCC(=O)NC(CC(C)C)C(=O)O)C(=O)O. The summed E-state index contributed by atoms with van der Waals surface area (Å²) < 4.78 is 0. The molecule has 0 fully saturated rings. The van der Waals surface area contributed by atoms with Gasteiger partial charge in [0.15, 0.2) is 0 Å². The Labute approximate surface area is 154 Å². The van der Waals surface area contributed by atoms with Crippen LogP contribution in [0.4, 0.5) is 0 Å². The number of amides is 2. The number of aliphatic carboxylic acids is 2. The van der Waals surface area contributed by atoms with Gasteiger partial charge in [0.05, 0.1) is 0 Å². The first-order chi connectivity index (χ1) is 12.0. The third-order valence-electron chi connectivity index (χ3n) is 3.74. The summed E-state index contributed by atoms with van der Waals surface area (Å²) in [6, 6.07) is -1.81. The van der Waals surface area contributed by atoms with Crippen LogP contribution < -0.4 is 10.6 Å². The predicted molar refractivity (Wildman–Crippen MR) is 96.5 cm³/mol. The molecule has 0 heterocycles. The Bertz CT molecular complexity index is 446. The first-order valence-electron chi connectivity index (χ1n) is 9.07. The van der Waals surface area contributed by atoms with Gasteiger partial charge in [0.1, 0.15) is 12.1 Å². The average Bonchev–Trinajstić information content (AvgIpc) is 2.49. The number of hydrogen-bond acceptors (Lipinski definition) is 4. The molecule has 0 aliphatic heterocycles. The number of rotatable bonds is 13. The van der Waals surface area contributed by atoms with Crippen molar-refractivity contribution in [2.75, 3.05) is 0 Å². The Morgan fingerprint density at radius 3 is 1.23 bits per heavy atom. The van der Waals surface area contributed by atoms with E-state index in [0.29, 0.717) is 25.7 Å². The lowest BCUT2D eigenvalue weighted by Crippen LogP contribution is -2.42. The van der Waals surface area contributed by atoms with Crippen molar-refractivity contribution in [3.05, 3.63) is 0 Å². The minimum Gasteiger partial charge on any atom is -0.480 e. The summed E-state index contributed by atoms with van der Waals surface area (Å²) in [5.41, 5.74) is 0. The van der Waals surface area contributed by atoms with E-state index in [1.807, 2.05) is 27.7 Å². The minimum absolute atomic E-state index is 0.128. The molecule has 0 saturated carbocycles. The third kappa shape index (κ3) is 11.4. The molecule has 0 rings (SSSR count). The van der Waals surface area contributed by atoms with Crippen molar-refractivity contribution in [2.24, 2.45) is 11.8 Å². The quantitative estimate of drug-likeness (QED) is 0.364. The largest absolute Gasteiger partial charge is 0.480 e. The van der Waals surface area contributed by atoms with Gasteiger partial charge in [0, 0.05) is 12.8 Å². The maximum atomic E-state index is 11.8. The van der Waals surface area contributed by atoms with Crippen molar-refractivity contribution in [1.29, 1.82) is 0 Å². The van der Waals surface area contributed by atoms with Crippen LogP contribution in [-0.2, 0) is 19.2 Å². The number of unbranched alkanes of at least 4 members (excludes halogenated alkanes) is 1. The van der Waals surface area contributed by atoms with Crippen LogP contribution in [0.5, 0.6) is 0 Å². The highest BCUT2D eigenvalue weighted by Gasteiger charge is 2.22. The Hall–Kier alpha value is -2.12. The zero-order valence-electron chi connectivity index (χ0n) is 16.1. The number of hydrogen-bond donors (Lipinski definition) is 4. The van der Waals surface area contributed by atoms with Crippen LogP contribution in [0, 0.1) is 11.8 Å². The molecule has 26 heavy (non-hydrogen) atoms. The number of carbonyl (C=O) groups excluding carboxylic acids is 2. The van der Waals surface area contributed by atoms with Crippen molar-refractivity contribution in [1.82, 2.24) is 10.6 Å². The van der Waals surface area contributed by atoms with E-state index in [-0.39, 0.29) is 36.5 Å². The summed E-state index contributed by atoms with van der Waals surface area (Å²) >= 11 is 0. The molecule has 0 aromatic rings. The van der Waals surface area contributed by atoms with Gasteiger partial charge < -0.3 is 20.8 Å².